The number of nitrogens with one attached hydrogen (secondary N) is 1. The Kier molecular flexibility index (Phi) is 3.65. The van der Waals surface area contributed by atoms with E-state index in [0.717, 1.165) is 0 Å². The van der Waals surface area contributed by atoms with Crippen LogP contribution in [-0.2, 0) is 6.42 Å². The highest BCUT2D eigenvalue weighted by Gasteiger charge is 2.12. The Morgan fingerprint density at radius 3 is 2.73 bits per heavy atom. The molecule has 6 heteroatoms. The molecule has 0 amide bonds. The van der Waals surface area contributed by atoms with Gasteiger partial charge in [0.15, 0.2) is 5.78 Å². The summed E-state index contributed by atoms with van der Waals surface area (Å²) in [5, 5.41) is 0. The van der Waals surface area contributed by atoms with Crippen LogP contribution in [0.5, 0.6) is 5.75 Å². The predicted octanol–water partition coefficient (Wildman–Crippen LogP) is 1.75. The number of methoxy groups -OCH3 is 1. The maximum absolute atomic E-state index is 12.3. The first-order chi connectivity index (χ1) is 10.7. The zero-order valence-corrected chi connectivity index (χ0v) is 11.9. The van der Waals surface area contributed by atoms with Crippen molar-refractivity contribution in [3.63, 3.8) is 0 Å². The minimum Gasteiger partial charge on any atom is -0.497 e. The Hall–Kier alpha value is -3.02. The minimum atomic E-state index is -0.361. The van der Waals surface area contributed by atoms with E-state index in [2.05, 4.69) is 15.0 Å². The Balaban J connectivity index is 1.90. The molecule has 3 rings (SSSR count). The lowest BCUT2D eigenvalue weighted by molar-refractivity contribution is 0.0991. The first-order valence-electron chi connectivity index (χ1n) is 6.67. The second-order valence-electron chi connectivity index (χ2n) is 4.73. The molecule has 3 aromatic rings. The highest BCUT2D eigenvalue weighted by atomic mass is 16.5. The Morgan fingerprint density at radius 1 is 1.23 bits per heavy atom. The number of aromatic nitrogens is 3. The average molecular weight is 295 g/mol. The van der Waals surface area contributed by atoms with Crippen molar-refractivity contribution >= 4 is 16.8 Å². The second-order valence-corrected chi connectivity index (χ2v) is 4.73. The number of H-pyrrole nitrogens is 1. The SMILES string of the molecule is COc1ccc(C(=O)Cc2nc3cnccc3[nH]c2=O)cc1. The third-order valence-corrected chi connectivity index (χ3v) is 3.31. The number of carbonyl (C=O) groups excluding carboxylic acids is 1. The molecule has 0 radical (unpaired) electrons. The summed E-state index contributed by atoms with van der Waals surface area (Å²) in [4.78, 5) is 35.1. The molecule has 0 atom stereocenters. The number of rotatable bonds is 4. The molecule has 0 spiro atoms. The van der Waals surface area contributed by atoms with Crippen molar-refractivity contribution in [3.05, 3.63) is 64.3 Å². The second kappa shape index (κ2) is 5.77. The van der Waals surface area contributed by atoms with Crippen LogP contribution >= 0.6 is 0 Å². The van der Waals surface area contributed by atoms with Crippen molar-refractivity contribution in [1.29, 1.82) is 0 Å². The van der Waals surface area contributed by atoms with Crippen molar-refractivity contribution in [1.82, 2.24) is 15.0 Å². The molecule has 0 fully saturated rings. The normalized spacial score (nSPS) is 10.6. The summed E-state index contributed by atoms with van der Waals surface area (Å²) in [6.07, 6.45) is 3.06. The number of hydrogen-bond acceptors (Lipinski definition) is 5. The fraction of sp³-hybridized carbons (Fsp3) is 0.125. The molecule has 2 aromatic heterocycles. The molecule has 2 heterocycles. The third kappa shape index (κ3) is 2.71. The van der Waals surface area contributed by atoms with E-state index in [1.54, 1.807) is 49.8 Å². The molecule has 1 aromatic carbocycles. The summed E-state index contributed by atoms with van der Waals surface area (Å²) in [5.41, 5.74) is 1.48. The number of carbonyl (C=O) groups is 1. The van der Waals surface area contributed by atoms with Crippen LogP contribution in [0.1, 0.15) is 16.1 Å². The number of hydrogen-bond donors (Lipinski definition) is 1. The Morgan fingerprint density at radius 2 is 2.00 bits per heavy atom. The highest BCUT2D eigenvalue weighted by molar-refractivity contribution is 5.97. The molecule has 6 nitrogen and oxygen atoms in total. The number of ether oxygens (including phenoxy) is 1. The van der Waals surface area contributed by atoms with Gasteiger partial charge in [-0.05, 0) is 30.3 Å². The summed E-state index contributed by atoms with van der Waals surface area (Å²) < 4.78 is 5.05. The van der Waals surface area contributed by atoms with Crippen LogP contribution in [0.25, 0.3) is 11.0 Å². The van der Waals surface area contributed by atoms with E-state index in [0.29, 0.717) is 22.3 Å². The molecule has 0 aliphatic rings. The lowest BCUT2D eigenvalue weighted by Crippen LogP contribution is -2.19. The van der Waals surface area contributed by atoms with Gasteiger partial charge in [0.25, 0.3) is 5.56 Å². The van der Waals surface area contributed by atoms with E-state index in [1.807, 2.05) is 0 Å². The zero-order valence-electron chi connectivity index (χ0n) is 11.9. The lowest BCUT2D eigenvalue weighted by Gasteiger charge is -2.04. The molecule has 0 unspecified atom stereocenters. The number of benzene rings is 1. The predicted molar refractivity (Wildman–Crippen MR) is 81.2 cm³/mol. The van der Waals surface area contributed by atoms with Gasteiger partial charge in [-0.15, -0.1) is 0 Å². The number of fused-ring (bicyclic) bond motifs is 1. The Labute approximate surface area is 125 Å². The van der Waals surface area contributed by atoms with E-state index in [1.165, 1.54) is 0 Å². The van der Waals surface area contributed by atoms with E-state index >= 15 is 0 Å². The molecule has 110 valence electrons. The minimum absolute atomic E-state index is 0.0630. The van der Waals surface area contributed by atoms with Gasteiger partial charge in [-0.3, -0.25) is 14.6 Å². The van der Waals surface area contributed by atoms with E-state index < -0.39 is 0 Å². The van der Waals surface area contributed by atoms with E-state index in [4.69, 9.17) is 4.74 Å². The maximum Gasteiger partial charge on any atom is 0.270 e. The van der Waals surface area contributed by atoms with Gasteiger partial charge in [-0.25, -0.2) is 4.98 Å². The van der Waals surface area contributed by atoms with Crippen LogP contribution in [0.15, 0.2) is 47.5 Å². The van der Waals surface area contributed by atoms with Crippen molar-refractivity contribution in [3.8, 4) is 5.75 Å². The molecule has 22 heavy (non-hydrogen) atoms. The molecule has 0 bridgehead atoms. The van der Waals surface area contributed by atoms with Gasteiger partial charge in [-0.2, -0.15) is 0 Å². The number of nitrogens with zero attached hydrogens (tertiary/aromatic N) is 2. The van der Waals surface area contributed by atoms with Crippen LogP contribution < -0.4 is 10.3 Å². The number of aromatic amines is 1. The lowest BCUT2D eigenvalue weighted by atomic mass is 10.1. The highest BCUT2D eigenvalue weighted by Crippen LogP contribution is 2.13. The molecule has 1 N–H and O–H groups in total. The van der Waals surface area contributed by atoms with Crippen LogP contribution in [-0.4, -0.2) is 27.8 Å². The Bertz CT molecular complexity index is 885. The molecule has 0 saturated carbocycles. The largest absolute Gasteiger partial charge is 0.497 e. The summed E-state index contributed by atoms with van der Waals surface area (Å²) >= 11 is 0. The fourth-order valence-electron chi connectivity index (χ4n) is 2.12. The van der Waals surface area contributed by atoms with Crippen molar-refractivity contribution in [2.45, 2.75) is 6.42 Å². The smallest absolute Gasteiger partial charge is 0.270 e. The number of ketones is 1. The molecule has 0 saturated heterocycles. The fourth-order valence-corrected chi connectivity index (χ4v) is 2.12. The number of Topliss-reactive ketones (excluding diaryl/α,β-unsaturated/α-hetero) is 1. The van der Waals surface area contributed by atoms with Crippen molar-refractivity contribution < 1.29 is 9.53 Å². The van der Waals surface area contributed by atoms with Crippen LogP contribution in [0.2, 0.25) is 0 Å². The van der Waals surface area contributed by atoms with Crippen molar-refractivity contribution in [2.24, 2.45) is 0 Å². The molecule has 0 aliphatic heterocycles. The quantitative estimate of drug-likeness (QED) is 0.741. The number of pyridine rings is 1. The average Bonchev–Trinajstić information content (AvgIpc) is 2.55. The topological polar surface area (TPSA) is 84.9 Å². The summed E-state index contributed by atoms with van der Waals surface area (Å²) in [7, 11) is 1.56. The van der Waals surface area contributed by atoms with Gasteiger partial charge in [0, 0.05) is 11.8 Å². The summed E-state index contributed by atoms with van der Waals surface area (Å²) in [5.74, 6) is 0.494. The van der Waals surface area contributed by atoms with Gasteiger partial charge < -0.3 is 9.72 Å². The molecule has 0 aliphatic carbocycles. The first kappa shape index (κ1) is 13.9. The van der Waals surface area contributed by atoms with Gasteiger partial charge in [0.05, 0.1) is 25.2 Å². The van der Waals surface area contributed by atoms with E-state index in [9.17, 15) is 9.59 Å². The van der Waals surface area contributed by atoms with Gasteiger partial charge in [-0.1, -0.05) is 0 Å². The third-order valence-electron chi connectivity index (χ3n) is 3.31. The zero-order chi connectivity index (χ0) is 15.5. The van der Waals surface area contributed by atoms with E-state index in [-0.39, 0.29) is 23.5 Å². The van der Waals surface area contributed by atoms with Crippen molar-refractivity contribution in [2.75, 3.05) is 7.11 Å². The summed E-state index contributed by atoms with van der Waals surface area (Å²) in [6.45, 7) is 0. The molecular weight excluding hydrogens is 282 g/mol. The molecular formula is C16H13N3O3. The van der Waals surface area contributed by atoms with Gasteiger partial charge in [0.1, 0.15) is 17.0 Å². The van der Waals surface area contributed by atoms with Gasteiger partial charge in [0.2, 0.25) is 0 Å². The standard InChI is InChI=1S/C16H13N3O3/c1-22-11-4-2-10(3-5-11)15(20)8-13-16(21)19-12-6-7-17-9-14(12)18-13/h2-7,9H,8H2,1H3,(H,19,21). The monoisotopic (exact) mass is 295 g/mol. The summed E-state index contributed by atoms with van der Waals surface area (Å²) in [6, 6.07) is 8.40. The van der Waals surface area contributed by atoms with Crippen LogP contribution in [0.4, 0.5) is 0 Å². The van der Waals surface area contributed by atoms with Crippen LogP contribution in [0.3, 0.4) is 0 Å². The first-order valence-corrected chi connectivity index (χ1v) is 6.67. The van der Waals surface area contributed by atoms with Gasteiger partial charge >= 0.3 is 0 Å². The maximum atomic E-state index is 12.3. The van der Waals surface area contributed by atoms with Crippen LogP contribution in [0, 0.1) is 0 Å².